The zero-order chi connectivity index (χ0) is 12.1. The summed E-state index contributed by atoms with van der Waals surface area (Å²) in [6, 6.07) is 9.64. The van der Waals surface area contributed by atoms with E-state index in [1.54, 1.807) is 0 Å². The van der Waals surface area contributed by atoms with Crippen LogP contribution < -0.4 is 5.32 Å². The topological polar surface area (TPSA) is 12.0 Å². The summed E-state index contributed by atoms with van der Waals surface area (Å²) in [5.74, 6) is 0.897. The van der Waals surface area contributed by atoms with Gasteiger partial charge in [0.1, 0.15) is 0 Å². The van der Waals surface area contributed by atoms with Crippen LogP contribution in [0.15, 0.2) is 24.3 Å². The highest BCUT2D eigenvalue weighted by atomic mass is 14.9. The molecule has 0 aromatic heterocycles. The lowest BCUT2D eigenvalue weighted by atomic mass is 9.83. The van der Waals surface area contributed by atoms with Gasteiger partial charge in [-0.25, -0.2) is 0 Å². The molecule has 1 saturated carbocycles. The van der Waals surface area contributed by atoms with Gasteiger partial charge in [0.05, 0.1) is 0 Å². The minimum absolute atomic E-state index is 0.745. The summed E-state index contributed by atoms with van der Waals surface area (Å²) in [4.78, 5) is 0. The predicted octanol–water partition coefficient (Wildman–Crippen LogP) is 4.05. The lowest BCUT2D eigenvalue weighted by Gasteiger charge is -2.31. The van der Waals surface area contributed by atoms with Crippen LogP contribution in [0.25, 0.3) is 0 Å². The molecule has 1 heteroatoms. The average Bonchev–Trinajstić information content (AvgIpc) is 2.38. The Morgan fingerprint density at radius 2 is 1.82 bits per heavy atom. The molecule has 1 aromatic rings. The number of hydrogen-bond donors (Lipinski definition) is 1. The van der Waals surface area contributed by atoms with Crippen molar-refractivity contribution in [3.8, 4) is 0 Å². The van der Waals surface area contributed by atoms with Gasteiger partial charge in [-0.05, 0) is 31.2 Å². The summed E-state index contributed by atoms with van der Waals surface area (Å²) in [5, 5.41) is 3.76. The molecule has 17 heavy (non-hydrogen) atoms. The van der Waals surface area contributed by atoms with Gasteiger partial charge in [0, 0.05) is 12.6 Å². The van der Waals surface area contributed by atoms with Gasteiger partial charge in [-0.1, -0.05) is 56.0 Å². The summed E-state index contributed by atoms with van der Waals surface area (Å²) in [5.41, 5.74) is 2.76. The fourth-order valence-corrected chi connectivity index (χ4v) is 2.92. The molecule has 0 saturated heterocycles. The first-order valence-electron chi connectivity index (χ1n) is 7.08. The Morgan fingerprint density at radius 3 is 2.53 bits per heavy atom. The standard InChI is InChI=1S/C16H25N/c1-3-15-6-4-5-7-16(15)17-12-14-10-8-13(2)9-11-14/h8-11,15-17H,3-7,12H2,1-2H3. The van der Waals surface area contributed by atoms with E-state index in [0.29, 0.717) is 0 Å². The van der Waals surface area contributed by atoms with Crippen molar-refractivity contribution in [2.75, 3.05) is 0 Å². The lowest BCUT2D eigenvalue weighted by molar-refractivity contribution is 0.254. The van der Waals surface area contributed by atoms with Crippen molar-refractivity contribution < 1.29 is 0 Å². The first-order chi connectivity index (χ1) is 8.29. The average molecular weight is 231 g/mol. The van der Waals surface area contributed by atoms with E-state index in [2.05, 4.69) is 43.4 Å². The number of rotatable bonds is 4. The molecular formula is C16H25N. The van der Waals surface area contributed by atoms with Gasteiger partial charge < -0.3 is 5.32 Å². The van der Waals surface area contributed by atoms with Gasteiger partial charge >= 0.3 is 0 Å². The maximum Gasteiger partial charge on any atom is 0.0208 e. The van der Waals surface area contributed by atoms with Gasteiger partial charge in [-0.15, -0.1) is 0 Å². The maximum absolute atomic E-state index is 3.76. The molecule has 2 unspecified atom stereocenters. The smallest absolute Gasteiger partial charge is 0.0208 e. The Labute approximate surface area is 106 Å². The molecule has 0 spiro atoms. The van der Waals surface area contributed by atoms with Crippen LogP contribution in [0.4, 0.5) is 0 Å². The summed E-state index contributed by atoms with van der Waals surface area (Å²) in [7, 11) is 0. The van der Waals surface area contributed by atoms with Crippen LogP contribution >= 0.6 is 0 Å². The van der Waals surface area contributed by atoms with Crippen molar-refractivity contribution in [3.63, 3.8) is 0 Å². The number of aryl methyl sites for hydroxylation is 1. The van der Waals surface area contributed by atoms with E-state index in [0.717, 1.165) is 18.5 Å². The molecule has 0 aliphatic heterocycles. The molecule has 1 N–H and O–H groups in total. The predicted molar refractivity (Wildman–Crippen MR) is 74.1 cm³/mol. The minimum atomic E-state index is 0.745. The van der Waals surface area contributed by atoms with E-state index in [9.17, 15) is 0 Å². The van der Waals surface area contributed by atoms with Crippen LogP contribution in [0.1, 0.15) is 50.2 Å². The number of hydrogen-bond acceptors (Lipinski definition) is 1. The minimum Gasteiger partial charge on any atom is -0.310 e. The van der Waals surface area contributed by atoms with Gasteiger partial charge in [-0.3, -0.25) is 0 Å². The molecule has 0 amide bonds. The third kappa shape index (κ3) is 3.57. The molecule has 0 heterocycles. The maximum atomic E-state index is 3.76. The van der Waals surface area contributed by atoms with Gasteiger partial charge in [0.2, 0.25) is 0 Å². The molecule has 2 atom stereocenters. The van der Waals surface area contributed by atoms with Crippen molar-refractivity contribution in [2.24, 2.45) is 5.92 Å². The largest absolute Gasteiger partial charge is 0.310 e. The summed E-state index contributed by atoms with van der Waals surface area (Å²) >= 11 is 0. The first-order valence-corrected chi connectivity index (χ1v) is 7.08. The zero-order valence-corrected chi connectivity index (χ0v) is 11.2. The zero-order valence-electron chi connectivity index (χ0n) is 11.2. The Balaban J connectivity index is 1.86. The van der Waals surface area contributed by atoms with Crippen LogP contribution in [0.5, 0.6) is 0 Å². The van der Waals surface area contributed by atoms with E-state index in [-0.39, 0.29) is 0 Å². The molecule has 0 bridgehead atoms. The van der Waals surface area contributed by atoms with Crippen molar-refractivity contribution in [3.05, 3.63) is 35.4 Å². The third-order valence-corrected chi connectivity index (χ3v) is 4.12. The Morgan fingerprint density at radius 1 is 1.12 bits per heavy atom. The molecule has 1 aromatic carbocycles. The van der Waals surface area contributed by atoms with Gasteiger partial charge in [0.15, 0.2) is 0 Å². The molecule has 0 radical (unpaired) electrons. The van der Waals surface area contributed by atoms with Crippen LogP contribution in [0, 0.1) is 12.8 Å². The summed E-state index contributed by atoms with van der Waals surface area (Å²) in [6.07, 6.45) is 6.95. The quantitative estimate of drug-likeness (QED) is 0.824. The Hall–Kier alpha value is -0.820. The monoisotopic (exact) mass is 231 g/mol. The number of nitrogens with one attached hydrogen (secondary N) is 1. The first kappa shape index (κ1) is 12.6. The molecule has 2 rings (SSSR count). The van der Waals surface area contributed by atoms with Crippen LogP contribution in [0.3, 0.4) is 0 Å². The normalized spacial score (nSPS) is 24.8. The Bertz CT molecular complexity index is 328. The molecule has 1 aliphatic rings. The highest BCUT2D eigenvalue weighted by Gasteiger charge is 2.22. The Kier molecular flexibility index (Phi) is 4.61. The molecule has 1 nitrogen and oxygen atoms in total. The highest BCUT2D eigenvalue weighted by Crippen LogP contribution is 2.26. The fourth-order valence-electron chi connectivity index (χ4n) is 2.92. The fraction of sp³-hybridized carbons (Fsp3) is 0.625. The second-order valence-electron chi connectivity index (χ2n) is 5.43. The van der Waals surface area contributed by atoms with Crippen molar-refractivity contribution in [1.82, 2.24) is 5.32 Å². The number of benzene rings is 1. The lowest BCUT2D eigenvalue weighted by Crippen LogP contribution is -2.37. The second kappa shape index (κ2) is 6.20. The second-order valence-corrected chi connectivity index (χ2v) is 5.43. The van der Waals surface area contributed by atoms with Gasteiger partial charge in [0.25, 0.3) is 0 Å². The molecule has 1 aliphatic carbocycles. The molecule has 94 valence electrons. The van der Waals surface area contributed by atoms with Crippen molar-refractivity contribution >= 4 is 0 Å². The van der Waals surface area contributed by atoms with Crippen LogP contribution in [-0.4, -0.2) is 6.04 Å². The van der Waals surface area contributed by atoms with Crippen LogP contribution in [-0.2, 0) is 6.54 Å². The van der Waals surface area contributed by atoms with E-state index in [4.69, 9.17) is 0 Å². The van der Waals surface area contributed by atoms with Crippen molar-refractivity contribution in [1.29, 1.82) is 0 Å². The summed E-state index contributed by atoms with van der Waals surface area (Å²) < 4.78 is 0. The van der Waals surface area contributed by atoms with Gasteiger partial charge in [-0.2, -0.15) is 0 Å². The van der Waals surface area contributed by atoms with E-state index < -0.39 is 0 Å². The molecular weight excluding hydrogens is 206 g/mol. The molecule has 1 fully saturated rings. The van der Waals surface area contributed by atoms with Crippen molar-refractivity contribution in [2.45, 2.75) is 58.5 Å². The van der Waals surface area contributed by atoms with E-state index in [1.165, 1.54) is 43.2 Å². The summed E-state index contributed by atoms with van der Waals surface area (Å²) in [6.45, 7) is 5.50. The van der Waals surface area contributed by atoms with E-state index in [1.807, 2.05) is 0 Å². The highest BCUT2D eigenvalue weighted by molar-refractivity contribution is 5.21. The SMILES string of the molecule is CCC1CCCCC1NCc1ccc(C)cc1. The third-order valence-electron chi connectivity index (χ3n) is 4.12. The van der Waals surface area contributed by atoms with E-state index >= 15 is 0 Å². The van der Waals surface area contributed by atoms with Crippen LogP contribution in [0.2, 0.25) is 0 Å².